The van der Waals surface area contributed by atoms with Crippen molar-refractivity contribution >= 4 is 5.78 Å². The van der Waals surface area contributed by atoms with E-state index in [1.165, 1.54) is 0 Å². The number of carbonyl (C=O) groups is 1. The van der Waals surface area contributed by atoms with E-state index in [4.69, 9.17) is 4.74 Å². The van der Waals surface area contributed by atoms with E-state index in [-0.39, 0.29) is 11.7 Å². The van der Waals surface area contributed by atoms with Crippen molar-refractivity contribution in [2.75, 3.05) is 0 Å². The van der Waals surface area contributed by atoms with Crippen LogP contribution in [0.15, 0.2) is 42.9 Å². The Labute approximate surface area is 106 Å². The van der Waals surface area contributed by atoms with Gasteiger partial charge >= 0.3 is 0 Å². The van der Waals surface area contributed by atoms with Crippen LogP contribution in [0.3, 0.4) is 0 Å². The van der Waals surface area contributed by atoms with Crippen molar-refractivity contribution in [3.8, 4) is 11.6 Å². The van der Waals surface area contributed by atoms with Gasteiger partial charge in [0.1, 0.15) is 5.75 Å². The van der Waals surface area contributed by atoms with Crippen LogP contribution in [0.25, 0.3) is 0 Å². The average Bonchev–Trinajstić information content (AvgIpc) is 2.39. The van der Waals surface area contributed by atoms with E-state index in [0.717, 1.165) is 0 Å². The molecular weight excluding hydrogens is 228 g/mol. The van der Waals surface area contributed by atoms with Crippen LogP contribution in [0.4, 0.5) is 0 Å². The first-order valence-electron chi connectivity index (χ1n) is 5.75. The molecule has 0 N–H and O–H groups in total. The van der Waals surface area contributed by atoms with Gasteiger partial charge in [-0.05, 0) is 18.2 Å². The third-order valence-corrected chi connectivity index (χ3v) is 2.42. The first kappa shape index (κ1) is 12.2. The number of hydrogen-bond donors (Lipinski definition) is 0. The summed E-state index contributed by atoms with van der Waals surface area (Å²) in [6, 6.07) is 6.82. The molecular formula is C14H14N2O2. The van der Waals surface area contributed by atoms with Gasteiger partial charge in [-0.25, -0.2) is 4.98 Å². The highest BCUT2D eigenvalue weighted by atomic mass is 16.5. The molecule has 2 heterocycles. The molecule has 0 aliphatic heterocycles. The minimum absolute atomic E-state index is 0.0406. The summed E-state index contributed by atoms with van der Waals surface area (Å²) in [5, 5.41) is 0. The lowest BCUT2D eigenvalue weighted by atomic mass is 10.0. The van der Waals surface area contributed by atoms with Gasteiger partial charge in [-0.2, -0.15) is 0 Å². The van der Waals surface area contributed by atoms with Gasteiger partial charge in [-0.1, -0.05) is 13.8 Å². The summed E-state index contributed by atoms with van der Waals surface area (Å²) in [6.07, 6.45) is 4.85. The Bertz CT molecular complexity index is 539. The van der Waals surface area contributed by atoms with Gasteiger partial charge < -0.3 is 4.74 Å². The second kappa shape index (κ2) is 5.40. The molecule has 0 aliphatic carbocycles. The lowest BCUT2D eigenvalue weighted by Gasteiger charge is -2.07. The normalized spacial score (nSPS) is 10.4. The topological polar surface area (TPSA) is 52.1 Å². The molecule has 18 heavy (non-hydrogen) atoms. The van der Waals surface area contributed by atoms with E-state index >= 15 is 0 Å². The van der Waals surface area contributed by atoms with E-state index in [9.17, 15) is 4.79 Å². The number of hydrogen-bond acceptors (Lipinski definition) is 4. The highest BCUT2D eigenvalue weighted by molar-refractivity contribution is 5.97. The molecule has 92 valence electrons. The molecule has 0 bridgehead atoms. The number of pyridine rings is 2. The molecule has 0 aliphatic rings. The van der Waals surface area contributed by atoms with Crippen molar-refractivity contribution in [1.82, 2.24) is 9.97 Å². The van der Waals surface area contributed by atoms with Crippen molar-refractivity contribution < 1.29 is 9.53 Å². The lowest BCUT2D eigenvalue weighted by Crippen LogP contribution is -2.07. The van der Waals surface area contributed by atoms with E-state index in [2.05, 4.69) is 9.97 Å². The minimum atomic E-state index is -0.0406. The summed E-state index contributed by atoms with van der Waals surface area (Å²) in [4.78, 5) is 19.8. The SMILES string of the molecule is CC(C)C(=O)c1ccnc(Oc2ccncc2)c1. The Morgan fingerprint density at radius 3 is 2.56 bits per heavy atom. The average molecular weight is 242 g/mol. The van der Waals surface area contributed by atoms with Gasteiger partial charge in [0.05, 0.1) is 0 Å². The largest absolute Gasteiger partial charge is 0.439 e. The van der Waals surface area contributed by atoms with E-state index in [1.807, 2.05) is 13.8 Å². The zero-order valence-corrected chi connectivity index (χ0v) is 10.3. The molecule has 2 rings (SSSR count). The van der Waals surface area contributed by atoms with Crippen LogP contribution in [0.5, 0.6) is 11.6 Å². The standard InChI is InChI=1S/C14H14N2O2/c1-10(2)14(17)11-3-8-16-13(9-11)18-12-4-6-15-7-5-12/h3-10H,1-2H3. The van der Waals surface area contributed by atoms with Gasteiger partial charge in [0, 0.05) is 36.1 Å². The predicted molar refractivity (Wildman–Crippen MR) is 67.7 cm³/mol. The molecule has 0 radical (unpaired) electrons. The molecule has 0 amide bonds. The number of aromatic nitrogens is 2. The zero-order valence-electron chi connectivity index (χ0n) is 10.3. The van der Waals surface area contributed by atoms with Crippen LogP contribution in [0, 0.1) is 5.92 Å². The number of ether oxygens (including phenoxy) is 1. The van der Waals surface area contributed by atoms with Crippen LogP contribution in [-0.2, 0) is 0 Å². The molecule has 2 aromatic heterocycles. The number of carbonyl (C=O) groups excluding carboxylic acids is 1. The van der Waals surface area contributed by atoms with Gasteiger partial charge in [0.25, 0.3) is 0 Å². The highest BCUT2D eigenvalue weighted by Gasteiger charge is 2.11. The number of rotatable bonds is 4. The Kier molecular flexibility index (Phi) is 3.67. The maximum Gasteiger partial charge on any atom is 0.219 e. The van der Waals surface area contributed by atoms with Crippen LogP contribution in [-0.4, -0.2) is 15.8 Å². The second-order valence-electron chi connectivity index (χ2n) is 4.19. The van der Waals surface area contributed by atoms with Gasteiger partial charge in [0.2, 0.25) is 5.88 Å². The summed E-state index contributed by atoms with van der Waals surface area (Å²) >= 11 is 0. The van der Waals surface area contributed by atoms with Crippen LogP contribution in [0.2, 0.25) is 0 Å². The fourth-order valence-electron chi connectivity index (χ4n) is 1.48. The molecule has 0 unspecified atom stereocenters. The second-order valence-corrected chi connectivity index (χ2v) is 4.19. The summed E-state index contributed by atoms with van der Waals surface area (Å²) in [7, 11) is 0. The maximum atomic E-state index is 11.9. The quantitative estimate of drug-likeness (QED) is 0.773. The minimum Gasteiger partial charge on any atom is -0.439 e. The van der Waals surface area contributed by atoms with Crippen molar-refractivity contribution in [3.05, 3.63) is 48.4 Å². The molecule has 0 saturated heterocycles. The fourth-order valence-corrected chi connectivity index (χ4v) is 1.48. The van der Waals surface area contributed by atoms with Crippen LogP contribution >= 0.6 is 0 Å². The Balaban J connectivity index is 2.20. The zero-order chi connectivity index (χ0) is 13.0. The van der Waals surface area contributed by atoms with Gasteiger partial charge in [0.15, 0.2) is 5.78 Å². The molecule has 4 heteroatoms. The smallest absolute Gasteiger partial charge is 0.219 e. The molecule has 0 aromatic carbocycles. The van der Waals surface area contributed by atoms with Crippen molar-refractivity contribution in [2.45, 2.75) is 13.8 Å². The van der Waals surface area contributed by atoms with Gasteiger partial charge in [-0.15, -0.1) is 0 Å². The third-order valence-electron chi connectivity index (χ3n) is 2.42. The molecule has 0 spiro atoms. The molecule has 2 aromatic rings. The highest BCUT2D eigenvalue weighted by Crippen LogP contribution is 2.20. The fraction of sp³-hybridized carbons (Fsp3) is 0.214. The summed E-state index contributed by atoms with van der Waals surface area (Å²) in [6.45, 7) is 3.73. The van der Waals surface area contributed by atoms with E-state index in [1.54, 1.807) is 42.9 Å². The van der Waals surface area contributed by atoms with E-state index < -0.39 is 0 Å². The summed E-state index contributed by atoms with van der Waals surface area (Å²) in [5.74, 6) is 1.09. The Morgan fingerprint density at radius 1 is 1.17 bits per heavy atom. The molecule has 4 nitrogen and oxygen atoms in total. The van der Waals surface area contributed by atoms with Crippen molar-refractivity contribution in [1.29, 1.82) is 0 Å². The Morgan fingerprint density at radius 2 is 1.89 bits per heavy atom. The molecule has 0 saturated carbocycles. The first-order chi connectivity index (χ1) is 8.66. The predicted octanol–water partition coefficient (Wildman–Crippen LogP) is 3.11. The number of Topliss-reactive ketones (excluding diaryl/α,β-unsaturated/α-hetero) is 1. The monoisotopic (exact) mass is 242 g/mol. The maximum absolute atomic E-state index is 11.9. The summed E-state index contributed by atoms with van der Waals surface area (Å²) in [5.41, 5.74) is 0.615. The number of ketones is 1. The van der Waals surface area contributed by atoms with E-state index in [0.29, 0.717) is 17.2 Å². The van der Waals surface area contributed by atoms with Crippen molar-refractivity contribution in [2.24, 2.45) is 5.92 Å². The van der Waals surface area contributed by atoms with Gasteiger partial charge in [-0.3, -0.25) is 9.78 Å². The van der Waals surface area contributed by atoms with Crippen LogP contribution in [0.1, 0.15) is 24.2 Å². The Hall–Kier alpha value is -2.23. The molecule has 0 fully saturated rings. The molecule has 0 atom stereocenters. The number of nitrogens with zero attached hydrogens (tertiary/aromatic N) is 2. The third kappa shape index (κ3) is 2.91. The lowest BCUT2D eigenvalue weighted by molar-refractivity contribution is 0.0939. The van der Waals surface area contributed by atoms with Crippen LogP contribution < -0.4 is 4.74 Å². The van der Waals surface area contributed by atoms with Crippen molar-refractivity contribution in [3.63, 3.8) is 0 Å². The summed E-state index contributed by atoms with van der Waals surface area (Å²) < 4.78 is 5.55. The first-order valence-corrected chi connectivity index (χ1v) is 5.75.